The average Bonchev–Trinajstić information content (AvgIpc) is 2.93. The highest BCUT2D eigenvalue weighted by molar-refractivity contribution is 6.30. The number of ether oxygens (including phenoxy) is 1. The van der Waals surface area contributed by atoms with Crippen molar-refractivity contribution in [2.45, 2.75) is 26.3 Å². The SMILES string of the molecule is COc1ccc(Cl)cc1CC1CNC(=O)CN(C(=O)CNC(c2ccccc2)C(C)C)C1=O. The van der Waals surface area contributed by atoms with Gasteiger partial charge in [0.25, 0.3) is 0 Å². The lowest BCUT2D eigenvalue weighted by Gasteiger charge is -2.26. The first-order chi connectivity index (χ1) is 15.8. The molecule has 1 fully saturated rings. The lowest BCUT2D eigenvalue weighted by molar-refractivity contribution is -0.148. The van der Waals surface area contributed by atoms with Gasteiger partial charge in [0.05, 0.1) is 19.6 Å². The van der Waals surface area contributed by atoms with E-state index < -0.39 is 11.8 Å². The molecule has 0 bridgehead atoms. The number of imide groups is 1. The van der Waals surface area contributed by atoms with Crippen molar-refractivity contribution in [3.8, 4) is 5.75 Å². The third-order valence-corrected chi connectivity index (χ3v) is 6.01. The van der Waals surface area contributed by atoms with E-state index in [1.807, 2.05) is 30.3 Å². The van der Waals surface area contributed by atoms with Crippen molar-refractivity contribution in [3.63, 3.8) is 0 Å². The van der Waals surface area contributed by atoms with E-state index in [2.05, 4.69) is 24.5 Å². The van der Waals surface area contributed by atoms with Crippen molar-refractivity contribution in [3.05, 3.63) is 64.7 Å². The molecular weight excluding hydrogens is 442 g/mol. The maximum atomic E-state index is 13.3. The molecule has 8 heteroatoms. The van der Waals surface area contributed by atoms with E-state index in [1.54, 1.807) is 25.3 Å². The second-order valence-electron chi connectivity index (χ2n) is 8.49. The molecule has 2 aromatic rings. The van der Waals surface area contributed by atoms with Crippen LogP contribution in [0.15, 0.2) is 48.5 Å². The molecule has 0 saturated carbocycles. The Morgan fingerprint density at radius 3 is 2.61 bits per heavy atom. The predicted molar refractivity (Wildman–Crippen MR) is 127 cm³/mol. The highest BCUT2D eigenvalue weighted by Crippen LogP contribution is 2.26. The molecule has 0 aromatic heterocycles. The maximum Gasteiger partial charge on any atom is 0.243 e. The topological polar surface area (TPSA) is 87.7 Å². The van der Waals surface area contributed by atoms with E-state index in [9.17, 15) is 14.4 Å². The Balaban J connectivity index is 1.74. The number of amides is 3. The summed E-state index contributed by atoms with van der Waals surface area (Å²) in [6.45, 7) is 3.93. The molecule has 1 saturated heterocycles. The molecule has 1 aliphatic rings. The zero-order chi connectivity index (χ0) is 24.0. The molecule has 3 amide bonds. The lowest BCUT2D eigenvalue weighted by atomic mass is 9.96. The van der Waals surface area contributed by atoms with Crippen LogP contribution in [0.2, 0.25) is 5.02 Å². The van der Waals surface area contributed by atoms with Gasteiger partial charge in [-0.2, -0.15) is 0 Å². The molecule has 0 radical (unpaired) electrons. The van der Waals surface area contributed by atoms with Gasteiger partial charge in [-0.05, 0) is 41.7 Å². The van der Waals surface area contributed by atoms with Gasteiger partial charge in [-0.15, -0.1) is 0 Å². The van der Waals surface area contributed by atoms with E-state index in [0.717, 1.165) is 16.0 Å². The second kappa shape index (κ2) is 11.3. The minimum Gasteiger partial charge on any atom is -0.496 e. The number of carbonyl (C=O) groups is 3. The Morgan fingerprint density at radius 2 is 1.94 bits per heavy atom. The summed E-state index contributed by atoms with van der Waals surface area (Å²) in [5.74, 6) is -0.954. The minimum atomic E-state index is -0.609. The van der Waals surface area contributed by atoms with Crippen LogP contribution in [-0.2, 0) is 20.8 Å². The van der Waals surface area contributed by atoms with Crippen LogP contribution < -0.4 is 15.4 Å². The standard InChI is InChI=1S/C25H30ClN3O4/c1-16(2)24(17-7-5-4-6-8-17)28-14-23(31)29-15-22(30)27-13-19(25(29)32)11-18-12-20(26)9-10-21(18)33-3/h4-10,12,16,19,24,28H,11,13-15H2,1-3H3,(H,27,30). The number of methoxy groups -OCH3 is 1. The quantitative estimate of drug-likeness (QED) is 0.618. The Labute approximate surface area is 199 Å². The third-order valence-electron chi connectivity index (χ3n) is 5.77. The molecule has 2 unspecified atom stereocenters. The van der Waals surface area contributed by atoms with Gasteiger partial charge in [-0.25, -0.2) is 0 Å². The summed E-state index contributed by atoms with van der Waals surface area (Å²) in [5, 5.41) is 6.53. The molecule has 0 spiro atoms. The predicted octanol–water partition coefficient (Wildman–Crippen LogP) is 2.98. The summed E-state index contributed by atoms with van der Waals surface area (Å²) >= 11 is 6.13. The molecular formula is C25H30ClN3O4. The fourth-order valence-corrected chi connectivity index (χ4v) is 4.25. The highest BCUT2D eigenvalue weighted by Gasteiger charge is 2.34. The van der Waals surface area contributed by atoms with Crippen LogP contribution in [0.5, 0.6) is 5.75 Å². The summed E-state index contributed by atoms with van der Waals surface area (Å²) in [5.41, 5.74) is 1.81. The molecule has 2 N–H and O–H groups in total. The molecule has 3 rings (SSSR count). The van der Waals surface area contributed by atoms with Crippen LogP contribution in [0.25, 0.3) is 0 Å². The number of rotatable bonds is 8. The number of carbonyl (C=O) groups excluding carboxylic acids is 3. The second-order valence-corrected chi connectivity index (χ2v) is 8.93. The van der Waals surface area contributed by atoms with Gasteiger partial charge >= 0.3 is 0 Å². The number of nitrogens with one attached hydrogen (secondary N) is 2. The normalized spacial score (nSPS) is 17.5. The van der Waals surface area contributed by atoms with Gasteiger partial charge in [0, 0.05) is 17.6 Å². The van der Waals surface area contributed by atoms with Gasteiger partial charge in [0.15, 0.2) is 0 Å². The molecule has 176 valence electrons. The number of hydrogen-bond acceptors (Lipinski definition) is 5. The fourth-order valence-electron chi connectivity index (χ4n) is 4.06. The van der Waals surface area contributed by atoms with Crippen LogP contribution in [0.3, 0.4) is 0 Å². The monoisotopic (exact) mass is 471 g/mol. The Kier molecular flexibility index (Phi) is 8.47. The van der Waals surface area contributed by atoms with E-state index >= 15 is 0 Å². The van der Waals surface area contributed by atoms with Crippen LogP contribution in [0, 0.1) is 11.8 Å². The summed E-state index contributed by atoms with van der Waals surface area (Å²) in [7, 11) is 1.54. The molecule has 2 aromatic carbocycles. The highest BCUT2D eigenvalue weighted by atomic mass is 35.5. The first kappa shape index (κ1) is 24.7. The molecule has 2 atom stereocenters. The van der Waals surface area contributed by atoms with E-state index in [-0.39, 0.29) is 43.4 Å². The smallest absolute Gasteiger partial charge is 0.243 e. The van der Waals surface area contributed by atoms with Gasteiger partial charge in [-0.3, -0.25) is 19.3 Å². The van der Waals surface area contributed by atoms with Crippen molar-refractivity contribution in [2.75, 3.05) is 26.7 Å². The fraction of sp³-hybridized carbons (Fsp3) is 0.400. The van der Waals surface area contributed by atoms with Crippen molar-refractivity contribution in [1.82, 2.24) is 15.5 Å². The van der Waals surface area contributed by atoms with E-state index in [0.29, 0.717) is 17.2 Å². The third kappa shape index (κ3) is 6.33. The summed E-state index contributed by atoms with van der Waals surface area (Å²) in [4.78, 5) is 39.7. The van der Waals surface area contributed by atoms with E-state index in [1.165, 1.54) is 0 Å². The number of hydrogen-bond donors (Lipinski definition) is 2. The van der Waals surface area contributed by atoms with Crippen molar-refractivity contribution >= 4 is 29.3 Å². The molecule has 33 heavy (non-hydrogen) atoms. The van der Waals surface area contributed by atoms with Crippen molar-refractivity contribution in [2.24, 2.45) is 11.8 Å². The summed E-state index contributed by atoms with van der Waals surface area (Å²) in [6.07, 6.45) is 0.290. The Morgan fingerprint density at radius 1 is 1.21 bits per heavy atom. The molecule has 1 heterocycles. The van der Waals surface area contributed by atoms with Crippen LogP contribution in [-0.4, -0.2) is 49.4 Å². The van der Waals surface area contributed by atoms with Crippen molar-refractivity contribution in [1.29, 1.82) is 0 Å². The molecule has 7 nitrogen and oxygen atoms in total. The van der Waals surface area contributed by atoms with Gasteiger partial charge in [0.1, 0.15) is 12.3 Å². The first-order valence-corrected chi connectivity index (χ1v) is 11.4. The zero-order valence-electron chi connectivity index (χ0n) is 19.1. The number of nitrogens with zero attached hydrogens (tertiary/aromatic N) is 1. The largest absolute Gasteiger partial charge is 0.496 e. The first-order valence-electron chi connectivity index (χ1n) is 11.0. The summed E-state index contributed by atoms with van der Waals surface area (Å²) in [6, 6.07) is 15.0. The van der Waals surface area contributed by atoms with Crippen molar-refractivity contribution < 1.29 is 19.1 Å². The minimum absolute atomic E-state index is 0.0516. The van der Waals surface area contributed by atoms with Gasteiger partial charge in [0.2, 0.25) is 17.7 Å². The Bertz CT molecular complexity index is 996. The van der Waals surface area contributed by atoms with Crippen LogP contribution in [0.4, 0.5) is 0 Å². The zero-order valence-corrected chi connectivity index (χ0v) is 19.9. The maximum absolute atomic E-state index is 13.3. The van der Waals surface area contributed by atoms with Gasteiger partial charge < -0.3 is 15.4 Å². The number of halogens is 1. The lowest BCUT2D eigenvalue weighted by Crippen LogP contribution is -2.47. The van der Waals surface area contributed by atoms with Crippen LogP contribution >= 0.6 is 11.6 Å². The molecule has 0 aliphatic carbocycles. The van der Waals surface area contributed by atoms with E-state index in [4.69, 9.17) is 16.3 Å². The Hall–Kier alpha value is -2.90. The summed E-state index contributed by atoms with van der Waals surface area (Å²) < 4.78 is 5.39. The average molecular weight is 472 g/mol. The number of benzene rings is 2. The van der Waals surface area contributed by atoms with Gasteiger partial charge in [-0.1, -0.05) is 55.8 Å². The van der Waals surface area contributed by atoms with Crippen LogP contribution in [0.1, 0.15) is 31.0 Å². The molecule has 1 aliphatic heterocycles.